The van der Waals surface area contributed by atoms with Gasteiger partial charge in [0.1, 0.15) is 0 Å². The highest BCUT2D eigenvalue weighted by molar-refractivity contribution is 9.10. The Hall–Kier alpha value is -0.870. The molecule has 0 fully saturated rings. The van der Waals surface area contributed by atoms with Crippen molar-refractivity contribution in [1.29, 1.82) is 0 Å². The molecule has 1 unspecified atom stereocenters. The van der Waals surface area contributed by atoms with E-state index >= 15 is 0 Å². The van der Waals surface area contributed by atoms with Crippen LogP contribution >= 0.6 is 15.9 Å². The quantitative estimate of drug-likeness (QED) is 0.817. The zero-order valence-electron chi connectivity index (χ0n) is 11.3. The van der Waals surface area contributed by atoms with Gasteiger partial charge in [-0.3, -0.25) is 4.79 Å². The van der Waals surface area contributed by atoms with Crippen LogP contribution < -0.4 is 10.6 Å². The maximum Gasteiger partial charge on any atom is 0.216 e. The summed E-state index contributed by atoms with van der Waals surface area (Å²) in [7, 11) is 0. The van der Waals surface area contributed by atoms with Crippen molar-refractivity contribution in [3.8, 4) is 0 Å². The normalized spacial score (nSPS) is 17.9. The van der Waals surface area contributed by atoms with E-state index in [4.69, 9.17) is 0 Å². The second kappa shape index (κ2) is 7.06. The van der Waals surface area contributed by atoms with Gasteiger partial charge in [-0.05, 0) is 55.5 Å². The third-order valence-electron chi connectivity index (χ3n) is 3.54. The lowest BCUT2D eigenvalue weighted by Crippen LogP contribution is -2.29. The molecule has 0 aromatic heterocycles. The number of aryl methyl sites for hydroxylation is 1. The monoisotopic (exact) mass is 324 g/mol. The molecule has 1 aliphatic rings. The number of carbonyl (C=O) groups is 1. The van der Waals surface area contributed by atoms with Crippen molar-refractivity contribution in [2.75, 3.05) is 13.1 Å². The lowest BCUT2D eigenvalue weighted by atomic mass is 9.88. The van der Waals surface area contributed by atoms with Gasteiger partial charge in [-0.25, -0.2) is 0 Å². The molecular formula is C15H21BrN2O. The average Bonchev–Trinajstić information content (AvgIpc) is 2.38. The van der Waals surface area contributed by atoms with Gasteiger partial charge < -0.3 is 10.6 Å². The minimum Gasteiger partial charge on any atom is -0.356 e. The molecule has 4 heteroatoms. The van der Waals surface area contributed by atoms with E-state index in [0.717, 1.165) is 24.0 Å². The molecule has 0 radical (unpaired) electrons. The predicted molar refractivity (Wildman–Crippen MR) is 81.1 cm³/mol. The van der Waals surface area contributed by atoms with Crippen LogP contribution in [0.15, 0.2) is 22.7 Å². The topological polar surface area (TPSA) is 41.1 Å². The maximum absolute atomic E-state index is 10.8. The van der Waals surface area contributed by atoms with Crippen LogP contribution in [-0.2, 0) is 11.2 Å². The van der Waals surface area contributed by atoms with Crippen molar-refractivity contribution < 1.29 is 4.79 Å². The fraction of sp³-hybridized carbons (Fsp3) is 0.533. The summed E-state index contributed by atoms with van der Waals surface area (Å²) < 4.78 is 1.15. The lowest BCUT2D eigenvalue weighted by Gasteiger charge is -2.27. The van der Waals surface area contributed by atoms with E-state index in [-0.39, 0.29) is 5.91 Å². The third-order valence-corrected chi connectivity index (χ3v) is 4.03. The van der Waals surface area contributed by atoms with Crippen LogP contribution in [0.1, 0.15) is 43.4 Å². The first-order valence-electron chi connectivity index (χ1n) is 6.93. The number of nitrogens with one attached hydrogen (secondary N) is 2. The molecule has 0 saturated carbocycles. The van der Waals surface area contributed by atoms with Crippen LogP contribution in [0.3, 0.4) is 0 Å². The van der Waals surface area contributed by atoms with Crippen molar-refractivity contribution in [3.05, 3.63) is 33.8 Å². The highest BCUT2D eigenvalue weighted by Gasteiger charge is 2.19. The molecule has 0 heterocycles. The second-order valence-electron chi connectivity index (χ2n) is 5.08. The Morgan fingerprint density at radius 1 is 1.42 bits per heavy atom. The summed E-state index contributed by atoms with van der Waals surface area (Å²) in [6.45, 7) is 3.25. The number of fused-ring (bicyclic) bond motifs is 1. The molecule has 1 aromatic carbocycles. The van der Waals surface area contributed by atoms with E-state index in [1.165, 1.54) is 30.4 Å². The van der Waals surface area contributed by atoms with Gasteiger partial charge in [0.25, 0.3) is 0 Å². The maximum atomic E-state index is 10.8. The van der Waals surface area contributed by atoms with Crippen LogP contribution in [-0.4, -0.2) is 19.0 Å². The van der Waals surface area contributed by atoms with Crippen LogP contribution in [0, 0.1) is 0 Å². The number of amides is 1. The Labute approximate surface area is 123 Å². The number of hydrogen-bond donors (Lipinski definition) is 2. The Balaban J connectivity index is 1.85. The summed E-state index contributed by atoms with van der Waals surface area (Å²) in [4.78, 5) is 10.8. The summed E-state index contributed by atoms with van der Waals surface area (Å²) in [6.07, 6.45) is 4.60. The number of halogens is 1. The molecule has 104 valence electrons. The highest BCUT2D eigenvalue weighted by atomic mass is 79.9. The van der Waals surface area contributed by atoms with Crippen LogP contribution in [0.4, 0.5) is 0 Å². The molecule has 3 nitrogen and oxygen atoms in total. The minimum absolute atomic E-state index is 0.0481. The highest BCUT2D eigenvalue weighted by Crippen LogP contribution is 2.31. The largest absolute Gasteiger partial charge is 0.356 e. The molecule has 1 aliphatic carbocycles. The van der Waals surface area contributed by atoms with Gasteiger partial charge in [-0.2, -0.15) is 0 Å². The second-order valence-corrected chi connectivity index (χ2v) is 5.99. The SMILES string of the molecule is CC(=O)NCCCNC1CCCc2ccc(Br)cc21. The van der Waals surface area contributed by atoms with Gasteiger partial charge in [0.2, 0.25) is 5.91 Å². The average molecular weight is 325 g/mol. The smallest absolute Gasteiger partial charge is 0.216 e. The number of benzene rings is 1. The lowest BCUT2D eigenvalue weighted by molar-refractivity contribution is -0.118. The Morgan fingerprint density at radius 2 is 2.26 bits per heavy atom. The van der Waals surface area contributed by atoms with Crippen LogP contribution in [0.25, 0.3) is 0 Å². The Bertz CT molecular complexity index is 448. The van der Waals surface area contributed by atoms with Gasteiger partial charge in [-0.1, -0.05) is 22.0 Å². The number of rotatable bonds is 5. The van der Waals surface area contributed by atoms with E-state index in [1.807, 2.05) is 0 Å². The predicted octanol–water partition coefficient (Wildman–Crippen LogP) is 2.94. The van der Waals surface area contributed by atoms with Crippen molar-refractivity contribution in [1.82, 2.24) is 10.6 Å². The molecule has 0 spiro atoms. The standard InChI is InChI=1S/C15H21BrN2O/c1-11(19)17-8-3-9-18-15-5-2-4-12-6-7-13(16)10-14(12)15/h6-7,10,15,18H,2-5,8-9H2,1H3,(H,17,19). The molecule has 0 bridgehead atoms. The van der Waals surface area contributed by atoms with E-state index in [1.54, 1.807) is 6.92 Å². The summed E-state index contributed by atoms with van der Waals surface area (Å²) in [5.41, 5.74) is 2.90. The minimum atomic E-state index is 0.0481. The summed E-state index contributed by atoms with van der Waals surface area (Å²) in [6, 6.07) is 7.04. The van der Waals surface area contributed by atoms with Crippen molar-refractivity contribution in [3.63, 3.8) is 0 Å². The van der Waals surface area contributed by atoms with Gasteiger partial charge in [0.15, 0.2) is 0 Å². The van der Waals surface area contributed by atoms with Crippen molar-refractivity contribution >= 4 is 21.8 Å². The summed E-state index contributed by atoms with van der Waals surface area (Å²) in [5.74, 6) is 0.0481. The molecule has 1 aromatic rings. The van der Waals surface area contributed by atoms with E-state index in [9.17, 15) is 4.79 Å². The van der Waals surface area contributed by atoms with Crippen molar-refractivity contribution in [2.24, 2.45) is 0 Å². The zero-order valence-corrected chi connectivity index (χ0v) is 12.9. The zero-order chi connectivity index (χ0) is 13.7. The summed E-state index contributed by atoms with van der Waals surface area (Å²) in [5, 5.41) is 6.43. The first kappa shape index (κ1) is 14.5. The first-order chi connectivity index (χ1) is 9.16. The van der Waals surface area contributed by atoms with Crippen molar-refractivity contribution in [2.45, 2.75) is 38.6 Å². The van der Waals surface area contributed by atoms with Crippen LogP contribution in [0.2, 0.25) is 0 Å². The fourth-order valence-corrected chi connectivity index (χ4v) is 2.99. The fourth-order valence-electron chi connectivity index (χ4n) is 2.61. The molecule has 1 atom stereocenters. The molecule has 2 N–H and O–H groups in total. The molecule has 0 saturated heterocycles. The molecular weight excluding hydrogens is 304 g/mol. The number of carbonyl (C=O) groups excluding carboxylic acids is 1. The summed E-state index contributed by atoms with van der Waals surface area (Å²) >= 11 is 3.55. The number of hydrogen-bond acceptors (Lipinski definition) is 2. The third kappa shape index (κ3) is 4.32. The van der Waals surface area contributed by atoms with Gasteiger partial charge in [0.05, 0.1) is 0 Å². The van der Waals surface area contributed by atoms with E-state index in [0.29, 0.717) is 6.04 Å². The molecule has 1 amide bonds. The van der Waals surface area contributed by atoms with E-state index < -0.39 is 0 Å². The Kier molecular flexibility index (Phi) is 5.40. The Morgan fingerprint density at radius 3 is 3.05 bits per heavy atom. The van der Waals surface area contributed by atoms with Gasteiger partial charge in [0, 0.05) is 24.0 Å². The van der Waals surface area contributed by atoms with Gasteiger partial charge in [-0.15, -0.1) is 0 Å². The molecule has 0 aliphatic heterocycles. The molecule has 2 rings (SSSR count). The van der Waals surface area contributed by atoms with Crippen LogP contribution in [0.5, 0.6) is 0 Å². The first-order valence-corrected chi connectivity index (χ1v) is 7.72. The molecule has 19 heavy (non-hydrogen) atoms. The van der Waals surface area contributed by atoms with Gasteiger partial charge >= 0.3 is 0 Å². The van der Waals surface area contributed by atoms with E-state index in [2.05, 4.69) is 44.8 Å².